The largest absolute Gasteiger partial charge is 0.433 e. The molecule has 0 aromatic carbocycles. The molecule has 8 heteroatoms. The zero-order valence-corrected chi connectivity index (χ0v) is 11.5. The Bertz CT molecular complexity index is 455. The molecule has 1 aliphatic rings. The fourth-order valence-corrected chi connectivity index (χ4v) is 2.01. The van der Waals surface area contributed by atoms with Crippen LogP contribution >= 0.6 is 0 Å². The van der Waals surface area contributed by atoms with E-state index >= 15 is 0 Å². The molecular weight excluding hydrogens is 271 g/mol. The smallest absolute Gasteiger partial charge is 0.354 e. The summed E-state index contributed by atoms with van der Waals surface area (Å²) in [4.78, 5) is 11.7. The Labute approximate surface area is 115 Å². The topological polar surface area (TPSA) is 44.3 Å². The van der Waals surface area contributed by atoms with Crippen LogP contribution in [0, 0.1) is 0 Å². The maximum atomic E-state index is 12.9. The van der Waals surface area contributed by atoms with E-state index in [-0.39, 0.29) is 5.95 Å². The van der Waals surface area contributed by atoms with E-state index < -0.39 is 11.9 Å². The fraction of sp³-hybridized carbons (Fsp3) is 0.667. The normalized spacial score (nSPS) is 17.4. The number of piperazine rings is 1. The molecule has 0 unspecified atom stereocenters. The van der Waals surface area contributed by atoms with Gasteiger partial charge in [-0.15, -0.1) is 0 Å². The Hall–Kier alpha value is -1.57. The molecule has 5 nitrogen and oxygen atoms in total. The molecule has 1 aliphatic heterocycles. The molecule has 0 atom stereocenters. The molecule has 1 aromatic heterocycles. The molecule has 112 valence electrons. The summed E-state index contributed by atoms with van der Waals surface area (Å²) in [5.74, 6) is 0.354. The van der Waals surface area contributed by atoms with Crippen LogP contribution < -0.4 is 10.2 Å². The molecule has 0 radical (unpaired) electrons. The molecule has 1 N–H and O–H groups in total. The summed E-state index contributed by atoms with van der Waals surface area (Å²) in [6, 6.07) is 1.02. The number of likely N-dealkylation sites (N-methyl/N-ethyl adjacent to an activating group) is 1. The molecule has 1 fully saturated rings. The number of rotatable bonds is 3. The third kappa shape index (κ3) is 3.50. The highest BCUT2D eigenvalue weighted by Gasteiger charge is 2.34. The number of alkyl halides is 3. The first kappa shape index (κ1) is 14.8. The summed E-state index contributed by atoms with van der Waals surface area (Å²) < 4.78 is 38.6. The lowest BCUT2D eigenvalue weighted by atomic mass is 10.3. The first-order chi connectivity index (χ1) is 9.40. The summed E-state index contributed by atoms with van der Waals surface area (Å²) in [6.07, 6.45) is -4.46. The van der Waals surface area contributed by atoms with Crippen LogP contribution in [0.4, 0.5) is 24.9 Å². The number of aromatic nitrogens is 2. The van der Waals surface area contributed by atoms with E-state index in [1.165, 1.54) is 0 Å². The van der Waals surface area contributed by atoms with Gasteiger partial charge in [0.1, 0.15) is 5.82 Å². The Morgan fingerprint density at radius 3 is 2.40 bits per heavy atom. The van der Waals surface area contributed by atoms with Crippen LogP contribution in [0.3, 0.4) is 0 Å². The second kappa shape index (κ2) is 5.82. The van der Waals surface area contributed by atoms with Gasteiger partial charge in [-0.1, -0.05) is 0 Å². The van der Waals surface area contributed by atoms with Gasteiger partial charge in [-0.2, -0.15) is 18.2 Å². The molecule has 1 saturated heterocycles. The molecule has 0 bridgehead atoms. The van der Waals surface area contributed by atoms with Gasteiger partial charge in [0.25, 0.3) is 0 Å². The van der Waals surface area contributed by atoms with Crippen molar-refractivity contribution in [1.29, 1.82) is 0 Å². The minimum absolute atomic E-state index is 0.0243. The monoisotopic (exact) mass is 289 g/mol. The van der Waals surface area contributed by atoms with Crippen molar-refractivity contribution < 1.29 is 13.2 Å². The molecule has 0 amide bonds. The minimum Gasteiger partial charge on any atom is -0.354 e. The van der Waals surface area contributed by atoms with E-state index in [1.807, 2.05) is 11.9 Å². The van der Waals surface area contributed by atoms with E-state index in [4.69, 9.17) is 0 Å². The molecule has 0 aliphatic carbocycles. The van der Waals surface area contributed by atoms with E-state index in [9.17, 15) is 13.2 Å². The van der Waals surface area contributed by atoms with Crippen molar-refractivity contribution in [3.8, 4) is 0 Å². The molecular formula is C12H18F3N5. The van der Waals surface area contributed by atoms with Gasteiger partial charge in [-0.3, -0.25) is 0 Å². The Morgan fingerprint density at radius 1 is 1.20 bits per heavy atom. The zero-order chi connectivity index (χ0) is 14.8. The quantitative estimate of drug-likeness (QED) is 0.917. The predicted octanol–water partition coefficient (Wildman–Crippen LogP) is 1.68. The lowest BCUT2D eigenvalue weighted by molar-refractivity contribution is -0.141. The Morgan fingerprint density at radius 2 is 1.85 bits per heavy atom. The van der Waals surface area contributed by atoms with Gasteiger partial charge in [-0.05, 0) is 14.0 Å². The first-order valence-corrected chi connectivity index (χ1v) is 6.54. The number of nitrogens with zero attached hydrogens (tertiary/aromatic N) is 4. The number of halogens is 3. The fourth-order valence-electron chi connectivity index (χ4n) is 2.01. The number of hydrogen-bond donors (Lipinski definition) is 1. The molecule has 2 rings (SSSR count). The molecule has 0 spiro atoms. The molecule has 20 heavy (non-hydrogen) atoms. The van der Waals surface area contributed by atoms with Gasteiger partial charge in [0, 0.05) is 38.8 Å². The van der Waals surface area contributed by atoms with Crippen molar-refractivity contribution in [1.82, 2.24) is 14.9 Å². The summed E-state index contributed by atoms with van der Waals surface area (Å²) in [5, 5.41) is 2.75. The Kier molecular flexibility index (Phi) is 4.32. The second-order valence-electron chi connectivity index (χ2n) is 4.75. The maximum absolute atomic E-state index is 12.9. The van der Waals surface area contributed by atoms with Crippen molar-refractivity contribution in [2.75, 3.05) is 50.0 Å². The summed E-state index contributed by atoms with van der Waals surface area (Å²) in [5.41, 5.74) is -0.905. The third-order valence-electron chi connectivity index (χ3n) is 3.17. The number of hydrogen-bond acceptors (Lipinski definition) is 5. The summed E-state index contributed by atoms with van der Waals surface area (Å²) in [6.45, 7) is 5.21. The standard InChI is InChI=1S/C12H18F3N5/c1-3-16-11-17-9(12(13,14)15)8-10(18-11)20-6-4-19(2)5-7-20/h8H,3-7H2,1-2H3,(H,16,17,18). The van der Waals surface area contributed by atoms with E-state index in [1.54, 1.807) is 6.92 Å². The van der Waals surface area contributed by atoms with Crippen LogP contribution in [0.1, 0.15) is 12.6 Å². The predicted molar refractivity (Wildman–Crippen MR) is 70.9 cm³/mol. The van der Waals surface area contributed by atoms with E-state index in [0.29, 0.717) is 25.5 Å². The van der Waals surface area contributed by atoms with E-state index in [0.717, 1.165) is 19.2 Å². The van der Waals surface area contributed by atoms with Gasteiger partial charge < -0.3 is 15.1 Å². The van der Waals surface area contributed by atoms with Crippen LogP contribution in [-0.4, -0.2) is 54.6 Å². The third-order valence-corrected chi connectivity index (χ3v) is 3.17. The van der Waals surface area contributed by atoms with Gasteiger partial charge in [-0.25, -0.2) is 4.98 Å². The number of nitrogens with one attached hydrogen (secondary N) is 1. The van der Waals surface area contributed by atoms with Crippen LogP contribution in [-0.2, 0) is 6.18 Å². The number of anilines is 2. The first-order valence-electron chi connectivity index (χ1n) is 6.54. The average Bonchev–Trinajstić information content (AvgIpc) is 2.38. The van der Waals surface area contributed by atoms with Crippen molar-refractivity contribution in [2.45, 2.75) is 13.1 Å². The van der Waals surface area contributed by atoms with Gasteiger partial charge in [0.15, 0.2) is 5.69 Å². The highest BCUT2D eigenvalue weighted by Crippen LogP contribution is 2.30. The summed E-state index contributed by atoms with van der Waals surface area (Å²) in [7, 11) is 1.99. The summed E-state index contributed by atoms with van der Waals surface area (Å²) >= 11 is 0. The highest BCUT2D eigenvalue weighted by molar-refractivity contribution is 5.46. The second-order valence-corrected chi connectivity index (χ2v) is 4.75. The van der Waals surface area contributed by atoms with Crippen molar-refractivity contribution in [3.63, 3.8) is 0 Å². The van der Waals surface area contributed by atoms with Crippen LogP contribution in [0.15, 0.2) is 6.07 Å². The lowest BCUT2D eigenvalue weighted by Crippen LogP contribution is -2.45. The Balaban J connectivity index is 2.29. The van der Waals surface area contributed by atoms with Crippen molar-refractivity contribution in [2.24, 2.45) is 0 Å². The van der Waals surface area contributed by atoms with Crippen molar-refractivity contribution >= 4 is 11.8 Å². The molecule has 2 heterocycles. The van der Waals surface area contributed by atoms with Crippen molar-refractivity contribution in [3.05, 3.63) is 11.8 Å². The van der Waals surface area contributed by atoms with Gasteiger partial charge in [0.05, 0.1) is 0 Å². The zero-order valence-electron chi connectivity index (χ0n) is 11.5. The van der Waals surface area contributed by atoms with Crippen LogP contribution in [0.2, 0.25) is 0 Å². The van der Waals surface area contributed by atoms with E-state index in [2.05, 4.69) is 20.2 Å². The highest BCUT2D eigenvalue weighted by atomic mass is 19.4. The SMILES string of the molecule is CCNc1nc(N2CCN(C)CC2)cc(C(F)(F)F)n1. The average molecular weight is 289 g/mol. The minimum atomic E-state index is -4.46. The molecule has 1 aromatic rings. The lowest BCUT2D eigenvalue weighted by Gasteiger charge is -2.33. The van der Waals surface area contributed by atoms with Crippen LogP contribution in [0.5, 0.6) is 0 Å². The van der Waals surface area contributed by atoms with Gasteiger partial charge >= 0.3 is 6.18 Å². The van der Waals surface area contributed by atoms with Crippen LogP contribution in [0.25, 0.3) is 0 Å². The maximum Gasteiger partial charge on any atom is 0.433 e. The van der Waals surface area contributed by atoms with Gasteiger partial charge in [0.2, 0.25) is 5.95 Å². The molecule has 0 saturated carbocycles.